The summed E-state index contributed by atoms with van der Waals surface area (Å²) < 4.78 is 0. The van der Waals surface area contributed by atoms with Crippen LogP contribution in [-0.4, -0.2) is 0 Å². The highest BCUT2D eigenvalue weighted by Gasteiger charge is 2.02. The summed E-state index contributed by atoms with van der Waals surface area (Å²) in [6.45, 7) is 0. The van der Waals surface area contributed by atoms with Crippen LogP contribution in [0.3, 0.4) is 0 Å². The molecule has 0 amide bonds. The molecule has 0 aromatic carbocycles. The van der Waals surface area contributed by atoms with E-state index in [0.29, 0.717) is 16.4 Å². The van der Waals surface area contributed by atoms with Gasteiger partial charge >= 0.3 is 0 Å². The van der Waals surface area contributed by atoms with Crippen LogP contribution in [0, 0.1) is 11.3 Å². The highest BCUT2D eigenvalue weighted by molar-refractivity contribution is 6.32. The summed E-state index contributed by atoms with van der Waals surface area (Å²) >= 11 is 5.59. The maximum absolute atomic E-state index is 8.38. The number of nitrogens with one attached hydrogen (secondary N) is 1. The number of pyridine rings is 1. The first-order chi connectivity index (χ1) is 4.74. The molecule has 1 aromatic heterocycles. The molecule has 1 aromatic rings. The molecule has 0 atom stereocenters. The van der Waals surface area contributed by atoms with Crippen molar-refractivity contribution < 1.29 is 4.98 Å². The Morgan fingerprint density at radius 1 is 1.70 bits per heavy atom. The third-order valence-electron chi connectivity index (χ3n) is 1.05. The first-order valence-electron chi connectivity index (χ1n) is 2.61. The van der Waals surface area contributed by atoms with Crippen molar-refractivity contribution in [2.24, 2.45) is 0 Å². The Bertz CT molecular complexity index is 290. The molecule has 1 rings (SSSR count). The number of nitrogens with two attached hydrogens (primary N) is 1. The Morgan fingerprint density at radius 3 is 2.90 bits per heavy atom. The molecule has 3 nitrogen and oxygen atoms in total. The number of rotatable bonds is 0. The van der Waals surface area contributed by atoms with Gasteiger partial charge in [-0.2, -0.15) is 5.26 Å². The van der Waals surface area contributed by atoms with Crippen molar-refractivity contribution in [3.8, 4) is 6.07 Å². The van der Waals surface area contributed by atoms with E-state index >= 15 is 0 Å². The predicted octanol–water partition coefficient (Wildman–Crippen LogP) is 0.608. The van der Waals surface area contributed by atoms with Crippen molar-refractivity contribution in [1.82, 2.24) is 0 Å². The third kappa shape index (κ3) is 1.17. The maximum atomic E-state index is 8.38. The molecule has 50 valence electrons. The third-order valence-corrected chi connectivity index (χ3v) is 1.36. The van der Waals surface area contributed by atoms with Gasteiger partial charge < -0.3 is 0 Å². The topological polar surface area (TPSA) is 64.0 Å². The lowest BCUT2D eigenvalue weighted by molar-refractivity contribution is -0.360. The van der Waals surface area contributed by atoms with Gasteiger partial charge in [0.15, 0.2) is 0 Å². The first kappa shape index (κ1) is 6.84. The number of nitrogens with zero attached hydrogens (tertiary/aromatic N) is 1. The standard InChI is InChI=1S/C6H4ClN3/c7-5-1-4(2-8)3-10-6(5)9/h1,3H,(H2,9,10)/p+1. The van der Waals surface area contributed by atoms with E-state index in [9.17, 15) is 0 Å². The molecule has 0 saturated carbocycles. The van der Waals surface area contributed by atoms with Crippen molar-refractivity contribution in [2.75, 3.05) is 5.73 Å². The lowest BCUT2D eigenvalue weighted by Gasteiger charge is -1.88. The van der Waals surface area contributed by atoms with Crippen LogP contribution in [0.4, 0.5) is 5.82 Å². The summed E-state index contributed by atoms with van der Waals surface area (Å²) in [5.41, 5.74) is 5.82. The lowest BCUT2D eigenvalue weighted by Crippen LogP contribution is -2.10. The molecule has 3 N–H and O–H groups in total. The molecule has 0 spiro atoms. The summed E-state index contributed by atoms with van der Waals surface area (Å²) in [5.74, 6) is 0.376. The zero-order valence-corrected chi connectivity index (χ0v) is 5.81. The Kier molecular flexibility index (Phi) is 1.74. The molecule has 4 heteroatoms. The summed E-state index contributed by atoms with van der Waals surface area (Å²) in [4.78, 5) is 2.64. The van der Waals surface area contributed by atoms with Gasteiger partial charge in [-0.1, -0.05) is 11.6 Å². The number of halogens is 1. The van der Waals surface area contributed by atoms with Gasteiger partial charge in [0.2, 0.25) is 0 Å². The first-order valence-corrected chi connectivity index (χ1v) is 2.98. The second-order valence-corrected chi connectivity index (χ2v) is 2.17. The van der Waals surface area contributed by atoms with E-state index in [1.165, 1.54) is 12.3 Å². The molecule has 0 aliphatic rings. The van der Waals surface area contributed by atoms with Crippen LogP contribution in [0.1, 0.15) is 5.56 Å². The van der Waals surface area contributed by atoms with Crippen molar-refractivity contribution >= 4 is 17.4 Å². The minimum Gasteiger partial charge on any atom is -0.286 e. The predicted molar refractivity (Wildman–Crippen MR) is 37.1 cm³/mol. The molecule has 0 aliphatic carbocycles. The van der Waals surface area contributed by atoms with E-state index < -0.39 is 0 Å². The summed E-state index contributed by atoms with van der Waals surface area (Å²) in [7, 11) is 0. The largest absolute Gasteiger partial charge is 0.289 e. The number of aromatic amines is 1. The summed E-state index contributed by atoms with van der Waals surface area (Å²) in [6, 6.07) is 3.43. The fourth-order valence-corrected chi connectivity index (χ4v) is 0.717. The van der Waals surface area contributed by atoms with Gasteiger partial charge in [-0.25, -0.2) is 4.98 Å². The minimum absolute atomic E-state index is 0.374. The smallest absolute Gasteiger partial charge is 0.286 e. The van der Waals surface area contributed by atoms with Gasteiger partial charge in [-0.3, -0.25) is 5.73 Å². The summed E-state index contributed by atoms with van der Waals surface area (Å²) in [5, 5.41) is 8.76. The lowest BCUT2D eigenvalue weighted by atomic mass is 10.3. The molecule has 0 aliphatic heterocycles. The molecule has 0 fully saturated rings. The van der Waals surface area contributed by atoms with Crippen molar-refractivity contribution in [3.05, 3.63) is 22.8 Å². The monoisotopic (exact) mass is 154 g/mol. The van der Waals surface area contributed by atoms with Crippen molar-refractivity contribution in [1.29, 1.82) is 5.26 Å². The van der Waals surface area contributed by atoms with E-state index in [1.807, 2.05) is 6.07 Å². The van der Waals surface area contributed by atoms with Crippen molar-refractivity contribution in [3.63, 3.8) is 0 Å². The maximum Gasteiger partial charge on any atom is 0.289 e. The SMILES string of the molecule is N#Cc1c[nH+]c(N)c(Cl)c1. The highest BCUT2D eigenvalue weighted by Crippen LogP contribution is 2.12. The van der Waals surface area contributed by atoms with Crippen LogP contribution in [0.2, 0.25) is 5.02 Å². The van der Waals surface area contributed by atoms with E-state index in [-0.39, 0.29) is 0 Å². The zero-order chi connectivity index (χ0) is 7.56. The van der Waals surface area contributed by atoms with Gasteiger partial charge in [0, 0.05) is 0 Å². The van der Waals surface area contributed by atoms with E-state index in [4.69, 9.17) is 22.6 Å². The van der Waals surface area contributed by atoms with Crippen LogP contribution < -0.4 is 10.7 Å². The normalized spacial score (nSPS) is 8.80. The van der Waals surface area contributed by atoms with Gasteiger partial charge in [0.05, 0.1) is 5.56 Å². The van der Waals surface area contributed by atoms with Gasteiger partial charge in [0.1, 0.15) is 17.3 Å². The number of anilines is 1. The van der Waals surface area contributed by atoms with Crippen molar-refractivity contribution in [2.45, 2.75) is 0 Å². The Labute approximate surface area is 63.1 Å². The van der Waals surface area contributed by atoms with Crippen LogP contribution >= 0.6 is 11.6 Å². The molecule has 0 unspecified atom stereocenters. The fourth-order valence-electron chi connectivity index (χ4n) is 0.545. The molecule has 1 heterocycles. The molecule has 0 saturated heterocycles. The molecular formula is C6H5ClN3+. The average Bonchev–Trinajstić information content (AvgIpc) is 1.95. The van der Waals surface area contributed by atoms with E-state index in [1.54, 1.807) is 0 Å². The number of aromatic nitrogens is 1. The molecular weight excluding hydrogens is 150 g/mol. The fraction of sp³-hybridized carbons (Fsp3) is 0. The van der Waals surface area contributed by atoms with Gasteiger partial charge in [-0.05, 0) is 6.07 Å². The van der Waals surface area contributed by atoms with E-state index in [0.717, 1.165) is 0 Å². The van der Waals surface area contributed by atoms with Crippen LogP contribution in [-0.2, 0) is 0 Å². The Hall–Kier alpha value is -1.27. The number of hydrogen-bond acceptors (Lipinski definition) is 2. The number of H-pyrrole nitrogens is 1. The zero-order valence-electron chi connectivity index (χ0n) is 5.06. The second-order valence-electron chi connectivity index (χ2n) is 1.76. The van der Waals surface area contributed by atoms with Gasteiger partial charge in [0.25, 0.3) is 5.82 Å². The summed E-state index contributed by atoms with van der Waals surface area (Å²) in [6.07, 6.45) is 1.50. The van der Waals surface area contributed by atoms with Crippen LogP contribution in [0.5, 0.6) is 0 Å². The molecule has 10 heavy (non-hydrogen) atoms. The van der Waals surface area contributed by atoms with Gasteiger partial charge in [-0.15, -0.1) is 0 Å². The Morgan fingerprint density at radius 2 is 2.40 bits per heavy atom. The van der Waals surface area contributed by atoms with E-state index in [2.05, 4.69) is 4.98 Å². The minimum atomic E-state index is 0.374. The van der Waals surface area contributed by atoms with Crippen LogP contribution in [0.25, 0.3) is 0 Å². The molecule has 0 radical (unpaired) electrons. The number of nitrogen functional groups attached to an aromatic ring is 1. The highest BCUT2D eigenvalue weighted by atomic mass is 35.5. The van der Waals surface area contributed by atoms with Crippen LogP contribution in [0.15, 0.2) is 12.3 Å². The number of hydrogen-bond donors (Lipinski definition) is 1. The average molecular weight is 155 g/mol. The molecule has 0 bridgehead atoms. The number of nitriles is 1. The Balaban J connectivity index is 3.20. The second kappa shape index (κ2) is 2.54. The quantitative estimate of drug-likeness (QED) is 0.595.